The number of nitrogens with one attached hydrogen (secondary N) is 1. The van der Waals surface area contributed by atoms with Gasteiger partial charge in [-0.15, -0.1) is 0 Å². The minimum atomic E-state index is -3.54. The molecule has 0 fully saturated rings. The van der Waals surface area contributed by atoms with Crippen LogP contribution in [0.1, 0.15) is 25.0 Å². The van der Waals surface area contributed by atoms with Crippen LogP contribution in [0.5, 0.6) is 0 Å². The molecule has 170 valence electrons. The second-order valence-corrected chi connectivity index (χ2v) is 9.40. The summed E-state index contributed by atoms with van der Waals surface area (Å²) < 4.78 is 26.5. The largest absolute Gasteiger partial charge is 0.385 e. The third-order valence-corrected chi connectivity index (χ3v) is 7.55. The monoisotopic (exact) mass is 463 g/mol. The van der Waals surface area contributed by atoms with Gasteiger partial charge in [-0.05, 0) is 35.4 Å². The Labute approximate surface area is 193 Å². The lowest BCUT2D eigenvalue weighted by atomic mass is 10.1. The first kappa shape index (κ1) is 22.7. The third-order valence-electron chi connectivity index (χ3n) is 5.49. The molecule has 0 saturated heterocycles. The first-order valence-corrected chi connectivity index (χ1v) is 12.2. The van der Waals surface area contributed by atoms with Crippen molar-refractivity contribution in [3.05, 3.63) is 83.9 Å². The Kier molecular flexibility index (Phi) is 6.57. The topological polar surface area (TPSA) is 88.1 Å². The van der Waals surface area contributed by atoms with E-state index in [1.54, 1.807) is 26.0 Å². The van der Waals surface area contributed by atoms with Gasteiger partial charge in [-0.2, -0.15) is 4.31 Å². The first-order chi connectivity index (χ1) is 16.0. The summed E-state index contributed by atoms with van der Waals surface area (Å²) >= 11 is 0. The number of carbonyl (C=O) groups is 1. The molecule has 0 spiro atoms. The standard InChI is InChI=1S/C25H25N3O4S/c1-3-28(4-2)33(30,31)19-15-13-18(14-16-19)26-24(29)17-32-27-25-22-11-7-5-9-20(22)21-10-6-8-12-23(21)25/h5-16H,3-4,17H2,1-2H3,(H,26,29). The Balaban J connectivity index is 1.41. The molecule has 3 aromatic carbocycles. The summed E-state index contributed by atoms with van der Waals surface area (Å²) in [5, 5.41) is 6.94. The van der Waals surface area contributed by atoms with Crippen molar-refractivity contribution in [2.24, 2.45) is 5.16 Å². The Morgan fingerprint density at radius 1 is 0.848 bits per heavy atom. The number of hydrogen-bond donors (Lipinski definition) is 1. The number of hydrogen-bond acceptors (Lipinski definition) is 5. The minimum Gasteiger partial charge on any atom is -0.385 e. The summed E-state index contributed by atoms with van der Waals surface area (Å²) in [5.41, 5.74) is 5.26. The normalized spacial score (nSPS) is 12.3. The van der Waals surface area contributed by atoms with Crippen molar-refractivity contribution in [3.63, 3.8) is 0 Å². The highest BCUT2D eigenvalue weighted by Gasteiger charge is 2.25. The predicted octanol–water partition coefficient (Wildman–Crippen LogP) is 4.11. The van der Waals surface area contributed by atoms with E-state index >= 15 is 0 Å². The molecular weight excluding hydrogens is 438 g/mol. The molecule has 0 radical (unpaired) electrons. The fourth-order valence-corrected chi connectivity index (χ4v) is 5.33. The van der Waals surface area contributed by atoms with Crippen LogP contribution in [0, 0.1) is 0 Å². The van der Waals surface area contributed by atoms with Crippen molar-refractivity contribution >= 4 is 27.3 Å². The number of carbonyl (C=O) groups excluding carboxylic acids is 1. The first-order valence-electron chi connectivity index (χ1n) is 10.7. The summed E-state index contributed by atoms with van der Waals surface area (Å²) in [5.74, 6) is -0.390. The van der Waals surface area contributed by atoms with Gasteiger partial charge in [0.05, 0.1) is 4.90 Å². The lowest BCUT2D eigenvalue weighted by Crippen LogP contribution is -2.30. The predicted molar refractivity (Wildman–Crippen MR) is 129 cm³/mol. The van der Waals surface area contributed by atoms with Gasteiger partial charge in [-0.3, -0.25) is 4.79 Å². The van der Waals surface area contributed by atoms with Gasteiger partial charge >= 0.3 is 0 Å². The second kappa shape index (κ2) is 9.56. The molecule has 4 rings (SSSR count). The van der Waals surface area contributed by atoms with Crippen LogP contribution < -0.4 is 5.32 Å². The molecule has 1 aliphatic rings. The number of anilines is 1. The van der Waals surface area contributed by atoms with E-state index in [0.29, 0.717) is 24.5 Å². The van der Waals surface area contributed by atoms with E-state index in [-0.39, 0.29) is 11.5 Å². The zero-order valence-corrected chi connectivity index (χ0v) is 19.3. The van der Waals surface area contributed by atoms with E-state index in [2.05, 4.69) is 10.5 Å². The number of sulfonamides is 1. The van der Waals surface area contributed by atoms with Crippen LogP contribution in [0.2, 0.25) is 0 Å². The molecule has 8 heteroatoms. The molecule has 0 aliphatic heterocycles. The number of fused-ring (bicyclic) bond motifs is 3. The van der Waals surface area contributed by atoms with Crippen LogP contribution in [0.25, 0.3) is 11.1 Å². The zero-order chi connectivity index (χ0) is 23.4. The average Bonchev–Trinajstić information content (AvgIpc) is 3.14. The quantitative estimate of drug-likeness (QED) is 0.399. The van der Waals surface area contributed by atoms with Crippen molar-refractivity contribution in [3.8, 4) is 11.1 Å². The molecule has 3 aromatic rings. The van der Waals surface area contributed by atoms with Crippen molar-refractivity contribution in [2.45, 2.75) is 18.7 Å². The molecule has 0 aromatic heterocycles. The van der Waals surface area contributed by atoms with Crippen LogP contribution in [0.4, 0.5) is 5.69 Å². The molecule has 0 atom stereocenters. The Bertz CT molecular complexity index is 1250. The highest BCUT2D eigenvalue weighted by atomic mass is 32.2. The number of nitrogens with zero attached hydrogens (tertiary/aromatic N) is 2. The third kappa shape index (κ3) is 4.53. The Morgan fingerprint density at radius 2 is 1.36 bits per heavy atom. The molecule has 1 N–H and O–H groups in total. The molecule has 0 saturated carbocycles. The molecule has 7 nitrogen and oxygen atoms in total. The molecule has 1 amide bonds. The summed E-state index contributed by atoms with van der Waals surface area (Å²) in [6.07, 6.45) is 0. The van der Waals surface area contributed by atoms with Gasteiger partial charge < -0.3 is 10.2 Å². The molecular formula is C25H25N3O4S. The van der Waals surface area contributed by atoms with E-state index in [4.69, 9.17) is 4.84 Å². The SMILES string of the molecule is CCN(CC)S(=O)(=O)c1ccc(NC(=O)CON=C2c3ccccc3-c3ccccc32)cc1. The zero-order valence-electron chi connectivity index (χ0n) is 18.5. The van der Waals surface area contributed by atoms with E-state index in [1.807, 2.05) is 48.5 Å². The van der Waals surface area contributed by atoms with Crippen molar-refractivity contribution in [2.75, 3.05) is 25.0 Å². The number of benzene rings is 3. The van der Waals surface area contributed by atoms with Gasteiger partial charge in [-0.25, -0.2) is 8.42 Å². The lowest BCUT2D eigenvalue weighted by molar-refractivity contribution is -0.120. The number of rotatable bonds is 8. The summed E-state index contributed by atoms with van der Waals surface area (Å²) in [6, 6.07) is 21.9. The minimum absolute atomic E-state index is 0.186. The van der Waals surface area contributed by atoms with E-state index in [9.17, 15) is 13.2 Å². The van der Waals surface area contributed by atoms with Crippen molar-refractivity contribution in [1.82, 2.24) is 4.31 Å². The number of oxime groups is 1. The second-order valence-electron chi connectivity index (χ2n) is 7.47. The van der Waals surface area contributed by atoms with Crippen LogP contribution in [0.15, 0.2) is 82.8 Å². The Hall–Kier alpha value is -3.49. The lowest BCUT2D eigenvalue weighted by Gasteiger charge is -2.18. The van der Waals surface area contributed by atoms with Gasteiger partial charge in [0.1, 0.15) is 5.71 Å². The maximum absolute atomic E-state index is 12.6. The fourth-order valence-electron chi connectivity index (χ4n) is 3.87. The van der Waals surface area contributed by atoms with Gasteiger partial charge in [0.2, 0.25) is 10.0 Å². The van der Waals surface area contributed by atoms with E-state index < -0.39 is 15.9 Å². The highest BCUT2D eigenvalue weighted by molar-refractivity contribution is 7.89. The highest BCUT2D eigenvalue weighted by Crippen LogP contribution is 2.36. The van der Waals surface area contributed by atoms with Crippen LogP contribution >= 0.6 is 0 Å². The van der Waals surface area contributed by atoms with Gasteiger partial charge in [0.25, 0.3) is 5.91 Å². The maximum atomic E-state index is 12.6. The molecule has 33 heavy (non-hydrogen) atoms. The molecule has 0 bridgehead atoms. The molecule has 0 heterocycles. The van der Waals surface area contributed by atoms with Crippen LogP contribution in [0.3, 0.4) is 0 Å². The van der Waals surface area contributed by atoms with Gasteiger partial charge in [-0.1, -0.05) is 67.5 Å². The van der Waals surface area contributed by atoms with Crippen molar-refractivity contribution < 1.29 is 18.0 Å². The Morgan fingerprint density at radius 3 is 1.88 bits per heavy atom. The van der Waals surface area contributed by atoms with E-state index in [0.717, 1.165) is 22.3 Å². The molecule has 1 aliphatic carbocycles. The van der Waals surface area contributed by atoms with E-state index in [1.165, 1.54) is 16.4 Å². The van der Waals surface area contributed by atoms with Crippen LogP contribution in [-0.2, 0) is 19.7 Å². The van der Waals surface area contributed by atoms with Gasteiger partial charge in [0, 0.05) is 29.9 Å². The number of amides is 1. The molecule has 0 unspecified atom stereocenters. The fraction of sp³-hybridized carbons (Fsp3) is 0.200. The maximum Gasteiger partial charge on any atom is 0.265 e. The average molecular weight is 464 g/mol. The smallest absolute Gasteiger partial charge is 0.265 e. The van der Waals surface area contributed by atoms with Crippen LogP contribution in [-0.4, -0.2) is 44.0 Å². The van der Waals surface area contributed by atoms with Gasteiger partial charge in [0.15, 0.2) is 6.61 Å². The summed E-state index contributed by atoms with van der Waals surface area (Å²) in [4.78, 5) is 17.9. The summed E-state index contributed by atoms with van der Waals surface area (Å²) in [6.45, 7) is 4.11. The van der Waals surface area contributed by atoms with Crippen molar-refractivity contribution in [1.29, 1.82) is 0 Å². The summed E-state index contributed by atoms with van der Waals surface area (Å²) in [7, 11) is -3.54.